The molecule has 26 heavy (non-hydrogen) atoms. The number of carbonyl (C=O) groups excluding carboxylic acids is 1. The fourth-order valence-corrected chi connectivity index (χ4v) is 3.29. The van der Waals surface area contributed by atoms with Gasteiger partial charge in [-0.05, 0) is 36.4 Å². The molecule has 2 aromatic carbocycles. The maximum absolute atomic E-state index is 11.8. The van der Waals surface area contributed by atoms with Gasteiger partial charge in [0, 0.05) is 32.6 Å². The second-order valence-electron chi connectivity index (χ2n) is 5.62. The van der Waals surface area contributed by atoms with E-state index in [0.29, 0.717) is 27.3 Å². The third-order valence-electron chi connectivity index (χ3n) is 3.96. The summed E-state index contributed by atoms with van der Waals surface area (Å²) in [7, 11) is 0. The molecule has 1 amide bonds. The van der Waals surface area contributed by atoms with Crippen molar-refractivity contribution in [1.82, 2.24) is 10.3 Å². The van der Waals surface area contributed by atoms with Crippen LogP contribution < -0.4 is 21.1 Å². The fourth-order valence-electron chi connectivity index (χ4n) is 2.76. The highest BCUT2D eigenvalue weighted by Gasteiger charge is 2.13. The third kappa shape index (κ3) is 2.92. The molecule has 1 aromatic heterocycles. The summed E-state index contributed by atoms with van der Waals surface area (Å²) in [6, 6.07) is 12.7. The molecule has 2 heterocycles. The van der Waals surface area contributed by atoms with Crippen LogP contribution in [0.15, 0.2) is 40.9 Å². The summed E-state index contributed by atoms with van der Waals surface area (Å²) in [5.74, 6) is 0.125. The van der Waals surface area contributed by atoms with E-state index in [9.17, 15) is 4.79 Å². The molecule has 3 aromatic rings. The van der Waals surface area contributed by atoms with E-state index >= 15 is 0 Å². The number of nitrogens with one attached hydrogen (secondary N) is 1. The molecule has 1 radical (unpaired) electrons. The van der Waals surface area contributed by atoms with Gasteiger partial charge in [-0.1, -0.05) is 27.5 Å². The van der Waals surface area contributed by atoms with Gasteiger partial charge in [0.2, 0.25) is 0 Å². The van der Waals surface area contributed by atoms with Gasteiger partial charge in [0.05, 0.1) is 27.9 Å². The van der Waals surface area contributed by atoms with Crippen LogP contribution in [-0.2, 0) is 4.79 Å². The molecule has 0 bridgehead atoms. The number of nitriles is 1. The third-order valence-corrected chi connectivity index (χ3v) is 4.79. The Labute approximate surface area is 161 Å². The fraction of sp³-hybridized carbons (Fsp3) is 0. The van der Waals surface area contributed by atoms with Gasteiger partial charge in [-0.2, -0.15) is 5.26 Å². The lowest BCUT2D eigenvalue weighted by Crippen LogP contribution is -2.36. The highest BCUT2D eigenvalue weighted by molar-refractivity contribution is 9.10. The summed E-state index contributed by atoms with van der Waals surface area (Å²) >= 11 is 9.70. The van der Waals surface area contributed by atoms with Crippen molar-refractivity contribution in [3.05, 3.63) is 61.9 Å². The van der Waals surface area contributed by atoms with E-state index in [1.165, 1.54) is 6.08 Å². The summed E-state index contributed by atoms with van der Waals surface area (Å²) in [5, 5.41) is 18.9. The first-order valence-electron chi connectivity index (χ1n) is 7.58. The van der Waals surface area contributed by atoms with Crippen molar-refractivity contribution in [2.24, 2.45) is 0 Å². The minimum atomic E-state index is -0.353. The second kappa shape index (κ2) is 6.45. The number of hydrogen-bond donors (Lipinski definition) is 1. The highest BCUT2D eigenvalue weighted by Crippen LogP contribution is 2.25. The Hall–Kier alpha value is -2.88. The van der Waals surface area contributed by atoms with E-state index in [-0.39, 0.29) is 5.91 Å². The van der Waals surface area contributed by atoms with E-state index in [0.717, 1.165) is 20.6 Å². The molecule has 1 aliphatic rings. The lowest BCUT2D eigenvalue weighted by Gasteiger charge is -2.13. The monoisotopic (exact) mass is 423 g/mol. The topological polar surface area (TPSA) is 79.9 Å². The molecule has 0 fully saturated rings. The van der Waals surface area contributed by atoms with E-state index in [4.69, 9.17) is 16.9 Å². The number of pyridine rings is 1. The number of anilines is 2. The van der Waals surface area contributed by atoms with Gasteiger partial charge in [0.25, 0.3) is 5.91 Å². The molecule has 0 saturated heterocycles. The quantitative estimate of drug-likeness (QED) is 0.686. The number of aromatic nitrogens is 1. The van der Waals surface area contributed by atoms with Gasteiger partial charge in [-0.3, -0.25) is 4.79 Å². The molecule has 125 valence electrons. The normalized spacial score (nSPS) is 12.4. The second-order valence-corrected chi connectivity index (χ2v) is 6.94. The standard InChI is InChI=1S/C19H9BrClN4O/c20-11-2-4-16-12(6-11)14-9-23-18(26)7-13(14)19(24-16)25-17-5-10(8-22)1-3-15(17)21/h1-7,9H,(H,24,25). The average molecular weight is 425 g/mol. The molecule has 4 rings (SSSR count). The molecule has 1 aliphatic heterocycles. The Kier molecular flexibility index (Phi) is 4.11. The Bertz CT molecular complexity index is 1250. The SMILES string of the molecule is N#Cc1ccc(Cl)c(Nc2nc3ccc(Br)cc3c3c2=CC(=O)[N]C=3)c1. The Morgan fingerprint density at radius 2 is 2.00 bits per heavy atom. The summed E-state index contributed by atoms with van der Waals surface area (Å²) in [6.45, 7) is 0. The molecule has 1 N–H and O–H groups in total. The van der Waals surface area contributed by atoms with Gasteiger partial charge >= 0.3 is 0 Å². The van der Waals surface area contributed by atoms with Gasteiger partial charge in [-0.25, -0.2) is 10.3 Å². The minimum Gasteiger partial charge on any atom is -0.338 e. The maximum Gasteiger partial charge on any atom is 0.270 e. The average Bonchev–Trinajstić information content (AvgIpc) is 2.64. The van der Waals surface area contributed by atoms with Crippen molar-refractivity contribution < 1.29 is 4.79 Å². The van der Waals surface area contributed by atoms with Crippen molar-refractivity contribution in [3.8, 4) is 6.07 Å². The summed E-state index contributed by atoms with van der Waals surface area (Å²) < 4.78 is 0.907. The van der Waals surface area contributed by atoms with Crippen LogP contribution in [0, 0.1) is 11.3 Å². The number of benzene rings is 2. The van der Waals surface area contributed by atoms with Crippen LogP contribution in [0.5, 0.6) is 0 Å². The van der Waals surface area contributed by atoms with Crippen LogP contribution in [0.3, 0.4) is 0 Å². The van der Waals surface area contributed by atoms with E-state index < -0.39 is 0 Å². The van der Waals surface area contributed by atoms with Crippen molar-refractivity contribution in [1.29, 1.82) is 5.26 Å². The number of amides is 1. The van der Waals surface area contributed by atoms with Crippen LogP contribution in [-0.4, -0.2) is 10.9 Å². The number of halogens is 2. The first kappa shape index (κ1) is 16.6. The van der Waals surface area contributed by atoms with Crippen molar-refractivity contribution >= 4 is 68.1 Å². The van der Waals surface area contributed by atoms with Gasteiger partial charge in [-0.15, -0.1) is 0 Å². The first-order valence-corrected chi connectivity index (χ1v) is 8.75. The van der Waals surface area contributed by atoms with Crippen molar-refractivity contribution in [2.45, 2.75) is 0 Å². The molecule has 0 spiro atoms. The molecule has 0 aliphatic carbocycles. The number of nitrogens with zero attached hydrogens (tertiary/aromatic N) is 3. The smallest absolute Gasteiger partial charge is 0.270 e. The largest absolute Gasteiger partial charge is 0.338 e. The molecule has 0 saturated carbocycles. The maximum atomic E-state index is 11.8. The number of carbonyl (C=O) groups is 1. The van der Waals surface area contributed by atoms with Crippen LogP contribution in [0.25, 0.3) is 23.2 Å². The van der Waals surface area contributed by atoms with E-state index in [1.54, 1.807) is 24.4 Å². The zero-order valence-corrected chi connectivity index (χ0v) is 15.5. The number of fused-ring (bicyclic) bond motifs is 3. The van der Waals surface area contributed by atoms with E-state index in [2.05, 4.69) is 37.6 Å². The van der Waals surface area contributed by atoms with Crippen molar-refractivity contribution in [3.63, 3.8) is 0 Å². The van der Waals surface area contributed by atoms with Gasteiger partial charge in [0.1, 0.15) is 5.82 Å². The molecule has 0 atom stereocenters. The van der Waals surface area contributed by atoms with E-state index in [1.807, 2.05) is 18.2 Å². The zero-order chi connectivity index (χ0) is 18.3. The van der Waals surface area contributed by atoms with Crippen LogP contribution in [0.2, 0.25) is 5.02 Å². The Balaban J connectivity index is 1.99. The van der Waals surface area contributed by atoms with Crippen molar-refractivity contribution in [2.75, 3.05) is 5.32 Å². The van der Waals surface area contributed by atoms with Crippen LogP contribution >= 0.6 is 27.5 Å². The molecule has 7 heteroatoms. The molecule has 0 unspecified atom stereocenters. The first-order chi connectivity index (χ1) is 12.5. The Morgan fingerprint density at radius 3 is 2.81 bits per heavy atom. The summed E-state index contributed by atoms with van der Waals surface area (Å²) in [5.41, 5.74) is 1.76. The predicted molar refractivity (Wildman–Crippen MR) is 104 cm³/mol. The minimum absolute atomic E-state index is 0.353. The molecular weight excluding hydrogens is 416 g/mol. The van der Waals surface area contributed by atoms with Crippen LogP contribution in [0.4, 0.5) is 11.5 Å². The lowest BCUT2D eigenvalue weighted by molar-refractivity contribution is -0.114. The van der Waals surface area contributed by atoms with Gasteiger partial charge in [0.15, 0.2) is 0 Å². The predicted octanol–water partition coefficient (Wildman–Crippen LogP) is 2.93. The lowest BCUT2D eigenvalue weighted by atomic mass is 10.1. The molecule has 5 nitrogen and oxygen atoms in total. The Morgan fingerprint density at radius 1 is 1.15 bits per heavy atom. The van der Waals surface area contributed by atoms with Gasteiger partial charge < -0.3 is 5.32 Å². The highest BCUT2D eigenvalue weighted by atomic mass is 79.9. The summed E-state index contributed by atoms with van der Waals surface area (Å²) in [6.07, 6.45) is 2.99. The zero-order valence-electron chi connectivity index (χ0n) is 13.1. The number of rotatable bonds is 2. The number of hydrogen-bond acceptors (Lipinski definition) is 4. The molecular formula is C19H9BrClN4O. The van der Waals surface area contributed by atoms with Crippen LogP contribution in [0.1, 0.15) is 5.56 Å². The summed E-state index contributed by atoms with van der Waals surface area (Å²) in [4.78, 5) is 16.5.